The molecule has 0 fully saturated rings. The number of hydrogen-bond donors (Lipinski definition) is 2. The molecule has 2 unspecified atom stereocenters. The summed E-state index contributed by atoms with van der Waals surface area (Å²) in [5, 5.41) is 0. The molecule has 5 heteroatoms. The number of nitrogens with zero attached hydrogens (tertiary/aromatic N) is 1. The number of rotatable bonds is 8. The van der Waals surface area contributed by atoms with Gasteiger partial charge in [0, 0.05) is 13.3 Å². The van der Waals surface area contributed by atoms with Crippen LogP contribution in [-0.2, 0) is 4.74 Å². The number of methoxy groups -OCH3 is 1. The van der Waals surface area contributed by atoms with Crippen LogP contribution in [-0.4, -0.2) is 24.8 Å². The molecule has 0 saturated carbocycles. The molecule has 2 atom stereocenters. The van der Waals surface area contributed by atoms with Crippen LogP contribution >= 0.6 is 0 Å². The quantitative estimate of drug-likeness (QED) is 0.546. The van der Waals surface area contributed by atoms with Gasteiger partial charge in [0.2, 0.25) is 0 Å². The molecule has 0 aromatic carbocycles. The summed E-state index contributed by atoms with van der Waals surface area (Å²) in [6.07, 6.45) is 5.48. The highest BCUT2D eigenvalue weighted by atomic mass is 16.5. The monoisotopic (exact) mass is 253 g/mol. The normalized spacial score (nSPS) is 14.2. The maximum absolute atomic E-state index is 5.64. The minimum absolute atomic E-state index is 0.0266. The predicted molar refractivity (Wildman–Crippen MR) is 71.2 cm³/mol. The summed E-state index contributed by atoms with van der Waals surface area (Å²) in [6.45, 7) is 4.68. The van der Waals surface area contributed by atoms with Gasteiger partial charge in [0.05, 0.1) is 24.9 Å². The lowest BCUT2D eigenvalue weighted by molar-refractivity contribution is 0.0604. The van der Waals surface area contributed by atoms with Crippen molar-refractivity contribution in [3.8, 4) is 5.75 Å². The molecule has 3 N–H and O–H groups in total. The van der Waals surface area contributed by atoms with E-state index in [1.54, 1.807) is 19.5 Å². The molecule has 1 heterocycles. The van der Waals surface area contributed by atoms with E-state index in [0.29, 0.717) is 6.61 Å². The first-order valence-corrected chi connectivity index (χ1v) is 6.33. The van der Waals surface area contributed by atoms with E-state index in [4.69, 9.17) is 15.3 Å². The Bertz CT molecular complexity index is 347. The summed E-state index contributed by atoms with van der Waals surface area (Å²) in [7, 11) is 1.70. The Hall–Kier alpha value is -1.17. The summed E-state index contributed by atoms with van der Waals surface area (Å²) in [5.41, 5.74) is 3.78. The van der Waals surface area contributed by atoms with Gasteiger partial charge >= 0.3 is 0 Å². The van der Waals surface area contributed by atoms with Crippen molar-refractivity contribution in [2.75, 3.05) is 13.7 Å². The average Bonchev–Trinajstić information content (AvgIpc) is 2.39. The molecule has 5 nitrogen and oxygen atoms in total. The van der Waals surface area contributed by atoms with Crippen LogP contribution < -0.4 is 16.0 Å². The highest BCUT2D eigenvalue weighted by Crippen LogP contribution is 2.23. The summed E-state index contributed by atoms with van der Waals surface area (Å²) >= 11 is 0. The second-order valence-electron chi connectivity index (χ2n) is 4.09. The summed E-state index contributed by atoms with van der Waals surface area (Å²) < 4.78 is 10.9. The van der Waals surface area contributed by atoms with E-state index in [2.05, 4.69) is 17.3 Å². The Kier molecular flexibility index (Phi) is 6.64. The summed E-state index contributed by atoms with van der Waals surface area (Å²) in [5.74, 6) is 6.39. The Balaban J connectivity index is 2.89. The van der Waals surface area contributed by atoms with E-state index in [1.807, 2.05) is 13.0 Å². The number of hydrazine groups is 1. The van der Waals surface area contributed by atoms with Crippen molar-refractivity contribution in [2.45, 2.75) is 38.8 Å². The second-order valence-corrected chi connectivity index (χ2v) is 4.09. The molecular formula is C13H23N3O2. The van der Waals surface area contributed by atoms with E-state index in [9.17, 15) is 0 Å². The number of aromatic nitrogens is 1. The van der Waals surface area contributed by atoms with Gasteiger partial charge in [-0.3, -0.25) is 16.3 Å². The highest BCUT2D eigenvalue weighted by Gasteiger charge is 2.21. The Morgan fingerprint density at radius 2 is 2.17 bits per heavy atom. The van der Waals surface area contributed by atoms with Crippen molar-refractivity contribution in [3.63, 3.8) is 0 Å². The zero-order chi connectivity index (χ0) is 13.4. The van der Waals surface area contributed by atoms with Crippen molar-refractivity contribution in [1.29, 1.82) is 0 Å². The Morgan fingerprint density at radius 3 is 2.72 bits per heavy atom. The fraction of sp³-hybridized carbons (Fsp3) is 0.615. The minimum atomic E-state index is -0.0807. The average molecular weight is 253 g/mol. The van der Waals surface area contributed by atoms with Gasteiger partial charge in [-0.2, -0.15) is 0 Å². The lowest BCUT2D eigenvalue weighted by Gasteiger charge is -2.25. The molecule has 18 heavy (non-hydrogen) atoms. The fourth-order valence-electron chi connectivity index (χ4n) is 1.97. The standard InChI is InChI=1S/C13H23N3O2/c1-4-6-12(17-3)13(16-14)10-7-11(18-5-2)9-15-8-10/h7-9,12-13,16H,4-6,14H2,1-3H3. The van der Waals surface area contributed by atoms with Crippen LogP contribution in [0.15, 0.2) is 18.5 Å². The largest absolute Gasteiger partial charge is 0.492 e. The molecule has 0 aliphatic carbocycles. The van der Waals surface area contributed by atoms with Crippen molar-refractivity contribution in [1.82, 2.24) is 10.4 Å². The third-order valence-electron chi connectivity index (χ3n) is 2.83. The van der Waals surface area contributed by atoms with Crippen molar-refractivity contribution >= 4 is 0 Å². The van der Waals surface area contributed by atoms with Crippen LogP contribution in [0.1, 0.15) is 38.3 Å². The molecular weight excluding hydrogens is 230 g/mol. The van der Waals surface area contributed by atoms with Gasteiger partial charge in [-0.25, -0.2) is 0 Å². The fourth-order valence-corrected chi connectivity index (χ4v) is 1.97. The SMILES string of the molecule is CCCC(OC)C(NN)c1cncc(OCC)c1. The zero-order valence-electron chi connectivity index (χ0n) is 11.3. The number of pyridine rings is 1. The van der Waals surface area contributed by atoms with Crippen LogP contribution in [0, 0.1) is 0 Å². The molecule has 0 bridgehead atoms. The molecule has 0 radical (unpaired) electrons. The molecule has 0 saturated heterocycles. The van der Waals surface area contributed by atoms with Crippen LogP contribution in [0.4, 0.5) is 0 Å². The smallest absolute Gasteiger partial charge is 0.137 e. The number of nitrogens with one attached hydrogen (secondary N) is 1. The maximum atomic E-state index is 5.64. The first-order chi connectivity index (χ1) is 8.76. The first kappa shape index (κ1) is 14.9. The van der Waals surface area contributed by atoms with Crippen LogP contribution in [0.5, 0.6) is 5.75 Å². The second kappa shape index (κ2) is 8.02. The highest BCUT2D eigenvalue weighted by molar-refractivity contribution is 5.26. The molecule has 1 rings (SSSR count). The topological polar surface area (TPSA) is 69.4 Å². The van der Waals surface area contributed by atoms with E-state index < -0.39 is 0 Å². The van der Waals surface area contributed by atoms with Gasteiger partial charge in [0.1, 0.15) is 5.75 Å². The van der Waals surface area contributed by atoms with Crippen molar-refractivity contribution in [2.24, 2.45) is 5.84 Å². The van der Waals surface area contributed by atoms with Crippen molar-refractivity contribution < 1.29 is 9.47 Å². The Morgan fingerprint density at radius 1 is 1.39 bits per heavy atom. The van der Waals surface area contributed by atoms with E-state index in [1.165, 1.54) is 0 Å². The van der Waals surface area contributed by atoms with Gasteiger partial charge in [-0.15, -0.1) is 0 Å². The summed E-state index contributed by atoms with van der Waals surface area (Å²) in [4.78, 5) is 4.17. The number of nitrogens with two attached hydrogens (primary N) is 1. The molecule has 0 aliphatic heterocycles. The third kappa shape index (κ3) is 3.94. The predicted octanol–water partition coefficient (Wildman–Crippen LogP) is 1.80. The van der Waals surface area contributed by atoms with Gasteiger partial charge in [-0.05, 0) is 25.0 Å². The number of ether oxygens (including phenoxy) is 2. The van der Waals surface area contributed by atoms with E-state index in [-0.39, 0.29) is 12.1 Å². The number of hydrogen-bond acceptors (Lipinski definition) is 5. The molecule has 1 aromatic heterocycles. The van der Waals surface area contributed by atoms with Crippen molar-refractivity contribution in [3.05, 3.63) is 24.0 Å². The van der Waals surface area contributed by atoms with Gasteiger partial charge < -0.3 is 9.47 Å². The lowest BCUT2D eigenvalue weighted by atomic mass is 10.00. The zero-order valence-corrected chi connectivity index (χ0v) is 11.3. The lowest BCUT2D eigenvalue weighted by Crippen LogP contribution is -2.37. The molecule has 102 valence electrons. The molecule has 0 amide bonds. The van der Waals surface area contributed by atoms with Crippen LogP contribution in [0.3, 0.4) is 0 Å². The molecule has 0 aliphatic rings. The summed E-state index contributed by atoms with van der Waals surface area (Å²) in [6, 6.07) is 1.87. The van der Waals surface area contributed by atoms with E-state index >= 15 is 0 Å². The maximum Gasteiger partial charge on any atom is 0.137 e. The van der Waals surface area contributed by atoms with Gasteiger partial charge in [-0.1, -0.05) is 13.3 Å². The van der Waals surface area contributed by atoms with Gasteiger partial charge in [0.15, 0.2) is 0 Å². The van der Waals surface area contributed by atoms with E-state index in [0.717, 1.165) is 24.2 Å². The third-order valence-corrected chi connectivity index (χ3v) is 2.83. The Labute approximate surface area is 109 Å². The molecule has 1 aromatic rings. The van der Waals surface area contributed by atoms with Gasteiger partial charge in [0.25, 0.3) is 0 Å². The first-order valence-electron chi connectivity index (χ1n) is 6.33. The minimum Gasteiger partial charge on any atom is -0.492 e. The molecule has 0 spiro atoms. The van der Waals surface area contributed by atoms with Crippen LogP contribution in [0.2, 0.25) is 0 Å². The van der Waals surface area contributed by atoms with Crippen LogP contribution in [0.25, 0.3) is 0 Å².